The highest BCUT2D eigenvalue weighted by atomic mass is 16.5. The van der Waals surface area contributed by atoms with Gasteiger partial charge in [0, 0.05) is 37.3 Å². The summed E-state index contributed by atoms with van der Waals surface area (Å²) in [5, 5.41) is 3.87. The van der Waals surface area contributed by atoms with Crippen molar-refractivity contribution in [1.82, 2.24) is 10.2 Å². The van der Waals surface area contributed by atoms with Gasteiger partial charge in [0.1, 0.15) is 0 Å². The van der Waals surface area contributed by atoms with Gasteiger partial charge in [0.2, 0.25) is 0 Å². The quantitative estimate of drug-likeness (QED) is 0.811. The van der Waals surface area contributed by atoms with Crippen LogP contribution in [0.2, 0.25) is 0 Å². The third-order valence-corrected chi connectivity index (χ3v) is 4.60. The van der Waals surface area contributed by atoms with Gasteiger partial charge in [0.05, 0.1) is 6.10 Å². The first-order valence-corrected chi connectivity index (χ1v) is 7.36. The lowest BCUT2D eigenvalue weighted by molar-refractivity contribution is 0.0114. The molecule has 0 aromatic heterocycles. The molecule has 2 aliphatic heterocycles. The average molecular weight is 238 g/mol. The van der Waals surface area contributed by atoms with Crippen LogP contribution in [0.1, 0.15) is 46.0 Å². The van der Waals surface area contributed by atoms with E-state index in [9.17, 15) is 0 Å². The Balaban J connectivity index is 1.49. The topological polar surface area (TPSA) is 24.5 Å². The van der Waals surface area contributed by atoms with E-state index in [1.807, 2.05) is 0 Å². The first-order chi connectivity index (χ1) is 8.22. The van der Waals surface area contributed by atoms with Gasteiger partial charge >= 0.3 is 0 Å². The van der Waals surface area contributed by atoms with Gasteiger partial charge in [-0.3, -0.25) is 4.90 Å². The number of hydrogen-bond acceptors (Lipinski definition) is 3. The van der Waals surface area contributed by atoms with Crippen LogP contribution in [0.4, 0.5) is 0 Å². The molecule has 4 unspecified atom stereocenters. The van der Waals surface area contributed by atoms with E-state index in [-0.39, 0.29) is 0 Å². The Labute approximate surface area is 105 Å². The maximum atomic E-state index is 5.61. The molecule has 1 N–H and O–H groups in total. The standard InChI is InChI=1S/C14H26N2O/c1-10-7-13(9-16(10)14-3-4-14)15-12-5-6-17-11(2)8-12/h10-15H,3-9H2,1-2H3. The minimum Gasteiger partial charge on any atom is -0.378 e. The maximum absolute atomic E-state index is 5.61. The van der Waals surface area contributed by atoms with Crippen LogP contribution in [-0.2, 0) is 4.74 Å². The van der Waals surface area contributed by atoms with Crippen LogP contribution in [-0.4, -0.2) is 48.3 Å². The fraction of sp³-hybridized carbons (Fsp3) is 1.00. The van der Waals surface area contributed by atoms with Gasteiger partial charge in [-0.05, 0) is 46.0 Å². The Morgan fingerprint density at radius 1 is 1.06 bits per heavy atom. The van der Waals surface area contributed by atoms with Crippen LogP contribution in [0, 0.1) is 0 Å². The van der Waals surface area contributed by atoms with Crippen LogP contribution >= 0.6 is 0 Å². The summed E-state index contributed by atoms with van der Waals surface area (Å²) in [6, 6.07) is 3.12. The maximum Gasteiger partial charge on any atom is 0.0561 e. The second-order valence-corrected chi connectivity index (χ2v) is 6.28. The fourth-order valence-corrected chi connectivity index (χ4v) is 3.57. The highest BCUT2D eigenvalue weighted by Crippen LogP contribution is 2.33. The van der Waals surface area contributed by atoms with Crippen LogP contribution < -0.4 is 5.32 Å². The molecule has 0 radical (unpaired) electrons. The second-order valence-electron chi connectivity index (χ2n) is 6.28. The molecule has 3 rings (SSSR count). The van der Waals surface area contributed by atoms with Crippen molar-refractivity contribution in [2.24, 2.45) is 0 Å². The highest BCUT2D eigenvalue weighted by Gasteiger charge is 2.39. The Kier molecular flexibility index (Phi) is 3.42. The van der Waals surface area contributed by atoms with Crippen LogP contribution in [0.3, 0.4) is 0 Å². The number of likely N-dealkylation sites (tertiary alicyclic amines) is 1. The Morgan fingerprint density at radius 2 is 1.88 bits per heavy atom. The van der Waals surface area contributed by atoms with Crippen molar-refractivity contribution in [1.29, 1.82) is 0 Å². The van der Waals surface area contributed by atoms with Gasteiger partial charge in [-0.15, -0.1) is 0 Å². The third-order valence-electron chi connectivity index (χ3n) is 4.60. The first-order valence-electron chi connectivity index (χ1n) is 7.36. The van der Waals surface area contributed by atoms with Crippen molar-refractivity contribution < 1.29 is 4.74 Å². The molecule has 98 valence electrons. The summed E-state index contributed by atoms with van der Waals surface area (Å²) < 4.78 is 5.61. The van der Waals surface area contributed by atoms with E-state index >= 15 is 0 Å². The summed E-state index contributed by atoms with van der Waals surface area (Å²) in [5.74, 6) is 0. The Hall–Kier alpha value is -0.120. The molecule has 0 amide bonds. The summed E-state index contributed by atoms with van der Waals surface area (Å²) in [6.45, 7) is 6.80. The third kappa shape index (κ3) is 2.83. The van der Waals surface area contributed by atoms with Crippen molar-refractivity contribution in [3.05, 3.63) is 0 Å². The largest absolute Gasteiger partial charge is 0.378 e. The molecule has 3 heteroatoms. The minimum absolute atomic E-state index is 0.444. The Morgan fingerprint density at radius 3 is 2.59 bits per heavy atom. The smallest absolute Gasteiger partial charge is 0.0561 e. The molecule has 1 aliphatic carbocycles. The predicted molar refractivity (Wildman–Crippen MR) is 69.2 cm³/mol. The van der Waals surface area contributed by atoms with Gasteiger partial charge in [-0.1, -0.05) is 0 Å². The molecule has 0 bridgehead atoms. The molecule has 1 saturated carbocycles. The van der Waals surface area contributed by atoms with Gasteiger partial charge in [-0.25, -0.2) is 0 Å². The van der Waals surface area contributed by atoms with Crippen LogP contribution in [0.15, 0.2) is 0 Å². The fourth-order valence-electron chi connectivity index (χ4n) is 3.57. The van der Waals surface area contributed by atoms with E-state index in [2.05, 4.69) is 24.1 Å². The lowest BCUT2D eigenvalue weighted by Crippen LogP contribution is -2.44. The number of ether oxygens (including phenoxy) is 1. The lowest BCUT2D eigenvalue weighted by atomic mass is 10.0. The summed E-state index contributed by atoms with van der Waals surface area (Å²) in [6.07, 6.45) is 7.03. The molecule has 4 atom stereocenters. The van der Waals surface area contributed by atoms with Crippen molar-refractivity contribution in [3.63, 3.8) is 0 Å². The molecule has 0 aromatic rings. The molecule has 2 heterocycles. The molecular formula is C14H26N2O. The van der Waals surface area contributed by atoms with Crippen molar-refractivity contribution >= 4 is 0 Å². The van der Waals surface area contributed by atoms with Crippen molar-refractivity contribution in [3.8, 4) is 0 Å². The highest BCUT2D eigenvalue weighted by molar-refractivity contribution is 4.97. The minimum atomic E-state index is 0.444. The second kappa shape index (κ2) is 4.87. The summed E-state index contributed by atoms with van der Waals surface area (Å²) in [4.78, 5) is 2.72. The van der Waals surface area contributed by atoms with Gasteiger partial charge in [-0.2, -0.15) is 0 Å². The molecule has 3 fully saturated rings. The average Bonchev–Trinajstić information content (AvgIpc) is 3.04. The summed E-state index contributed by atoms with van der Waals surface area (Å²) in [7, 11) is 0. The summed E-state index contributed by atoms with van der Waals surface area (Å²) in [5.41, 5.74) is 0. The van der Waals surface area contributed by atoms with Gasteiger partial charge in [0.15, 0.2) is 0 Å². The summed E-state index contributed by atoms with van der Waals surface area (Å²) >= 11 is 0. The molecule has 3 nitrogen and oxygen atoms in total. The van der Waals surface area contributed by atoms with E-state index in [0.29, 0.717) is 12.1 Å². The number of nitrogens with one attached hydrogen (secondary N) is 1. The number of rotatable bonds is 3. The predicted octanol–water partition coefficient (Wildman–Crippen LogP) is 1.77. The number of hydrogen-bond donors (Lipinski definition) is 1. The monoisotopic (exact) mass is 238 g/mol. The van der Waals surface area contributed by atoms with Gasteiger partial charge in [0.25, 0.3) is 0 Å². The van der Waals surface area contributed by atoms with Gasteiger partial charge < -0.3 is 10.1 Å². The SMILES string of the molecule is CC1CC(NC2CC(C)N(C3CC3)C2)CCO1. The van der Waals surface area contributed by atoms with Crippen LogP contribution in [0.5, 0.6) is 0 Å². The number of nitrogens with zero attached hydrogens (tertiary/aromatic N) is 1. The molecular weight excluding hydrogens is 212 g/mol. The Bertz CT molecular complexity index is 267. The molecule has 0 aromatic carbocycles. The zero-order valence-corrected chi connectivity index (χ0v) is 11.2. The van der Waals surface area contributed by atoms with Crippen LogP contribution in [0.25, 0.3) is 0 Å². The molecule has 3 aliphatic rings. The molecule has 2 saturated heterocycles. The molecule has 0 spiro atoms. The first kappa shape index (κ1) is 11.9. The van der Waals surface area contributed by atoms with E-state index in [1.165, 1.54) is 38.6 Å². The zero-order valence-electron chi connectivity index (χ0n) is 11.2. The van der Waals surface area contributed by atoms with Crippen molar-refractivity contribution in [2.75, 3.05) is 13.2 Å². The van der Waals surface area contributed by atoms with E-state index in [4.69, 9.17) is 4.74 Å². The van der Waals surface area contributed by atoms with Crippen molar-refractivity contribution in [2.45, 2.75) is 76.2 Å². The lowest BCUT2D eigenvalue weighted by Gasteiger charge is -2.30. The van der Waals surface area contributed by atoms with E-state index < -0.39 is 0 Å². The normalized spacial score (nSPS) is 44.1. The van der Waals surface area contributed by atoms with E-state index in [0.717, 1.165) is 24.7 Å². The zero-order chi connectivity index (χ0) is 11.8. The van der Waals surface area contributed by atoms with E-state index in [1.54, 1.807) is 0 Å². The molecule has 17 heavy (non-hydrogen) atoms.